The third-order valence-electron chi connectivity index (χ3n) is 5.07. The molecule has 1 spiro atoms. The van der Waals surface area contributed by atoms with E-state index in [2.05, 4.69) is 10.3 Å². The Morgan fingerprint density at radius 3 is 2.48 bits per heavy atom. The highest BCUT2D eigenvalue weighted by Crippen LogP contribution is 2.46. The lowest BCUT2D eigenvalue weighted by molar-refractivity contribution is 0.160. The van der Waals surface area contributed by atoms with E-state index in [0.29, 0.717) is 24.3 Å². The molecule has 0 aromatic carbocycles. The van der Waals surface area contributed by atoms with Gasteiger partial charge in [-0.2, -0.15) is 4.31 Å². The van der Waals surface area contributed by atoms with Gasteiger partial charge in [-0.1, -0.05) is 12.8 Å². The van der Waals surface area contributed by atoms with Crippen LogP contribution >= 0.6 is 0 Å². The maximum atomic E-state index is 12.8. The highest BCUT2D eigenvalue weighted by atomic mass is 32.2. The summed E-state index contributed by atoms with van der Waals surface area (Å²) < 4.78 is 27.3. The second kappa shape index (κ2) is 5.57. The second-order valence-corrected chi connectivity index (χ2v) is 8.12. The first-order valence-electron chi connectivity index (χ1n) is 7.70. The molecule has 0 atom stereocenters. The number of pyridine rings is 1. The lowest BCUT2D eigenvalue weighted by Crippen LogP contribution is -2.42. The Balaban J connectivity index is 1.80. The zero-order valence-electron chi connectivity index (χ0n) is 12.5. The van der Waals surface area contributed by atoms with E-state index in [1.54, 1.807) is 29.7 Å². The molecule has 1 aliphatic heterocycles. The summed E-state index contributed by atoms with van der Waals surface area (Å²) in [5.74, 6) is 0.429. The molecule has 6 heteroatoms. The smallest absolute Gasteiger partial charge is 0.246 e. The number of anilines is 1. The first-order valence-corrected chi connectivity index (χ1v) is 9.14. The van der Waals surface area contributed by atoms with Crippen LogP contribution in [0.15, 0.2) is 23.2 Å². The average molecular weight is 309 g/mol. The van der Waals surface area contributed by atoms with E-state index in [9.17, 15) is 8.42 Å². The number of hydrogen-bond donors (Lipinski definition) is 1. The molecule has 116 valence electrons. The van der Waals surface area contributed by atoms with Gasteiger partial charge in [0.2, 0.25) is 10.0 Å². The number of nitrogens with one attached hydrogen (secondary N) is 1. The van der Waals surface area contributed by atoms with Crippen molar-refractivity contribution in [2.45, 2.75) is 43.4 Å². The van der Waals surface area contributed by atoms with Crippen molar-refractivity contribution in [2.24, 2.45) is 5.41 Å². The van der Waals surface area contributed by atoms with Gasteiger partial charge in [0.1, 0.15) is 10.7 Å². The number of hydrogen-bond acceptors (Lipinski definition) is 4. The van der Waals surface area contributed by atoms with Crippen LogP contribution in [0.25, 0.3) is 0 Å². The van der Waals surface area contributed by atoms with Gasteiger partial charge in [-0.15, -0.1) is 0 Å². The van der Waals surface area contributed by atoms with E-state index in [-0.39, 0.29) is 4.90 Å². The standard InChI is InChI=1S/C15H23N3O2S/c1-16-14-13(5-4-10-17-14)21(19,20)18-11-8-15(9-12-18)6-2-3-7-15/h4-5,10H,2-3,6-9,11-12H2,1H3,(H,16,17). The van der Waals surface area contributed by atoms with E-state index in [1.165, 1.54) is 25.7 Å². The average Bonchev–Trinajstić information content (AvgIpc) is 2.96. The molecule has 0 bridgehead atoms. The molecular formula is C15H23N3O2S. The van der Waals surface area contributed by atoms with Gasteiger partial charge >= 0.3 is 0 Å². The van der Waals surface area contributed by atoms with Crippen LogP contribution in [-0.4, -0.2) is 37.8 Å². The van der Waals surface area contributed by atoms with Gasteiger partial charge < -0.3 is 5.32 Å². The number of rotatable bonds is 3. The molecule has 2 aliphatic rings. The minimum Gasteiger partial charge on any atom is -0.372 e. The highest BCUT2D eigenvalue weighted by Gasteiger charge is 2.40. The lowest BCUT2D eigenvalue weighted by atomic mass is 9.78. The highest BCUT2D eigenvalue weighted by molar-refractivity contribution is 7.89. The Hall–Kier alpha value is -1.14. The first kappa shape index (κ1) is 14.8. The third kappa shape index (κ3) is 2.66. The van der Waals surface area contributed by atoms with Crippen molar-refractivity contribution < 1.29 is 8.42 Å². The van der Waals surface area contributed by atoms with Crippen LogP contribution in [0, 0.1) is 5.41 Å². The van der Waals surface area contributed by atoms with Crippen molar-refractivity contribution in [1.29, 1.82) is 0 Å². The SMILES string of the molecule is CNc1ncccc1S(=O)(=O)N1CCC2(CCCC2)CC1. The van der Waals surface area contributed by atoms with Gasteiger partial charge in [-0.3, -0.25) is 0 Å². The van der Waals surface area contributed by atoms with Gasteiger partial charge in [0, 0.05) is 26.3 Å². The molecule has 3 rings (SSSR count). The molecule has 1 aliphatic carbocycles. The molecule has 2 fully saturated rings. The summed E-state index contributed by atoms with van der Waals surface area (Å²) in [6.07, 6.45) is 8.76. The van der Waals surface area contributed by atoms with Gasteiger partial charge in [-0.25, -0.2) is 13.4 Å². The van der Waals surface area contributed by atoms with Gasteiger partial charge in [-0.05, 0) is 43.2 Å². The third-order valence-corrected chi connectivity index (χ3v) is 7.00. The lowest BCUT2D eigenvalue weighted by Gasteiger charge is -2.38. The monoisotopic (exact) mass is 309 g/mol. The maximum Gasteiger partial charge on any atom is 0.246 e. The molecule has 1 aromatic heterocycles. The molecule has 1 N–H and O–H groups in total. The molecule has 2 heterocycles. The van der Waals surface area contributed by atoms with Crippen LogP contribution in [0.3, 0.4) is 0 Å². The van der Waals surface area contributed by atoms with Crippen molar-refractivity contribution in [2.75, 3.05) is 25.5 Å². The Labute approximate surface area is 126 Å². The number of sulfonamides is 1. The van der Waals surface area contributed by atoms with Crippen molar-refractivity contribution in [3.05, 3.63) is 18.3 Å². The molecule has 1 saturated carbocycles. The van der Waals surface area contributed by atoms with Gasteiger partial charge in [0.15, 0.2) is 0 Å². The van der Waals surface area contributed by atoms with Gasteiger partial charge in [0.05, 0.1) is 0 Å². The normalized spacial score (nSPS) is 22.5. The van der Waals surface area contributed by atoms with Crippen LogP contribution in [0.2, 0.25) is 0 Å². The number of nitrogens with zero attached hydrogens (tertiary/aromatic N) is 2. The van der Waals surface area contributed by atoms with Crippen LogP contribution in [0.5, 0.6) is 0 Å². The fourth-order valence-corrected chi connectivity index (χ4v) is 5.34. The summed E-state index contributed by atoms with van der Waals surface area (Å²) in [6, 6.07) is 3.31. The number of aromatic nitrogens is 1. The largest absolute Gasteiger partial charge is 0.372 e. The Bertz CT molecular complexity index is 599. The summed E-state index contributed by atoms with van der Waals surface area (Å²) in [6.45, 7) is 1.28. The predicted molar refractivity (Wildman–Crippen MR) is 82.7 cm³/mol. The summed E-state index contributed by atoms with van der Waals surface area (Å²) in [5.41, 5.74) is 0.423. The molecule has 0 unspecified atom stereocenters. The zero-order chi connectivity index (χ0) is 14.9. The molecule has 1 aromatic rings. The van der Waals surface area contributed by atoms with E-state index in [4.69, 9.17) is 0 Å². The molecule has 0 radical (unpaired) electrons. The molecule has 21 heavy (non-hydrogen) atoms. The Morgan fingerprint density at radius 2 is 1.86 bits per heavy atom. The van der Waals surface area contributed by atoms with E-state index in [0.717, 1.165) is 12.8 Å². The van der Waals surface area contributed by atoms with Gasteiger partial charge in [0.25, 0.3) is 0 Å². The predicted octanol–water partition coefficient (Wildman–Crippen LogP) is 2.47. The number of piperidine rings is 1. The van der Waals surface area contributed by atoms with E-state index in [1.807, 2.05) is 0 Å². The Morgan fingerprint density at radius 1 is 1.19 bits per heavy atom. The van der Waals surface area contributed by atoms with Crippen molar-refractivity contribution in [3.8, 4) is 0 Å². The Kier molecular flexibility index (Phi) is 3.92. The summed E-state index contributed by atoms with van der Waals surface area (Å²) in [4.78, 5) is 4.40. The minimum atomic E-state index is -3.44. The summed E-state index contributed by atoms with van der Waals surface area (Å²) in [7, 11) is -1.74. The molecule has 1 saturated heterocycles. The van der Waals surface area contributed by atoms with E-state index < -0.39 is 10.0 Å². The topological polar surface area (TPSA) is 62.3 Å². The zero-order valence-corrected chi connectivity index (χ0v) is 13.3. The van der Waals surface area contributed by atoms with E-state index >= 15 is 0 Å². The molecule has 0 amide bonds. The van der Waals surface area contributed by atoms with Crippen molar-refractivity contribution >= 4 is 15.8 Å². The van der Waals surface area contributed by atoms with Crippen LogP contribution in [0.1, 0.15) is 38.5 Å². The maximum absolute atomic E-state index is 12.8. The van der Waals surface area contributed by atoms with Crippen LogP contribution in [-0.2, 0) is 10.0 Å². The van der Waals surface area contributed by atoms with Crippen molar-refractivity contribution in [3.63, 3.8) is 0 Å². The quantitative estimate of drug-likeness (QED) is 0.931. The first-order chi connectivity index (χ1) is 10.1. The minimum absolute atomic E-state index is 0.287. The molecular weight excluding hydrogens is 286 g/mol. The summed E-state index contributed by atoms with van der Waals surface area (Å²) >= 11 is 0. The van der Waals surface area contributed by atoms with Crippen LogP contribution < -0.4 is 5.32 Å². The summed E-state index contributed by atoms with van der Waals surface area (Å²) in [5, 5.41) is 2.87. The van der Waals surface area contributed by atoms with Crippen molar-refractivity contribution in [1.82, 2.24) is 9.29 Å². The fourth-order valence-electron chi connectivity index (χ4n) is 3.75. The molecule has 5 nitrogen and oxygen atoms in total. The van der Waals surface area contributed by atoms with Crippen LogP contribution in [0.4, 0.5) is 5.82 Å². The fraction of sp³-hybridized carbons (Fsp3) is 0.667. The second-order valence-electron chi connectivity index (χ2n) is 6.21.